The second kappa shape index (κ2) is 6.89. The number of aryl methyl sites for hydroxylation is 2. The standard InChI is InChI=1S/C17H17N2O2.K/c1-17(16(18)21)4-2-12-7-14-6-11(10-20)9-19-15(14)8-13(12)3-5-17;/h6-10H,1-5H2,(H2,18,21);/q-1;+1/p-1. The molecule has 3 rings (SSSR count). The number of hydrogen-bond acceptors (Lipinski definition) is 3. The Bertz CT molecular complexity index is 745. The van der Waals surface area contributed by atoms with Gasteiger partial charge in [0.15, 0.2) is 6.29 Å². The summed E-state index contributed by atoms with van der Waals surface area (Å²) in [5.74, 6) is -0.582. The number of carbonyl (C=O) groups excluding carboxylic acids is 2. The molecule has 2 aromatic rings. The van der Waals surface area contributed by atoms with Crippen LogP contribution < -0.4 is 51.4 Å². The van der Waals surface area contributed by atoms with Gasteiger partial charge in [0.1, 0.15) is 0 Å². The number of pyridine rings is 1. The predicted octanol–water partition coefficient (Wildman–Crippen LogP) is 0.329. The molecule has 0 bridgehead atoms. The molecular formula is C17H16KN2O2-. The van der Waals surface area contributed by atoms with E-state index in [-0.39, 0.29) is 51.4 Å². The van der Waals surface area contributed by atoms with E-state index in [1.807, 2.05) is 18.2 Å². The van der Waals surface area contributed by atoms with E-state index in [0.29, 0.717) is 18.4 Å². The number of aromatic nitrogens is 1. The second-order valence-electron chi connectivity index (χ2n) is 5.81. The molecule has 1 aliphatic carbocycles. The molecule has 22 heavy (non-hydrogen) atoms. The van der Waals surface area contributed by atoms with Crippen molar-refractivity contribution >= 4 is 23.1 Å². The Kier molecular flexibility index (Phi) is 5.56. The van der Waals surface area contributed by atoms with Crippen LogP contribution >= 0.6 is 0 Å². The molecule has 1 aliphatic rings. The zero-order chi connectivity index (χ0) is 15.0. The van der Waals surface area contributed by atoms with Crippen LogP contribution in [-0.4, -0.2) is 17.2 Å². The maximum atomic E-state index is 11.5. The van der Waals surface area contributed by atoms with E-state index >= 15 is 0 Å². The normalized spacial score (nSPS) is 20.6. The van der Waals surface area contributed by atoms with Crippen molar-refractivity contribution in [2.75, 3.05) is 0 Å². The number of fused-ring (bicyclic) bond motifs is 2. The fourth-order valence-electron chi connectivity index (χ4n) is 2.91. The second-order valence-corrected chi connectivity index (χ2v) is 5.81. The van der Waals surface area contributed by atoms with Gasteiger partial charge in [-0.15, -0.1) is 5.41 Å². The molecule has 1 N–H and O–H groups in total. The Morgan fingerprint density at radius 3 is 2.45 bits per heavy atom. The minimum absolute atomic E-state index is 0. The molecule has 1 amide bonds. The number of amides is 1. The number of nitrogens with zero attached hydrogens (tertiary/aromatic N) is 1. The molecule has 0 spiro atoms. The Balaban J connectivity index is 0.00000176. The summed E-state index contributed by atoms with van der Waals surface area (Å²) in [7, 11) is 0. The first-order valence-electron chi connectivity index (χ1n) is 7.00. The third kappa shape index (κ3) is 3.33. The maximum absolute atomic E-state index is 11.5. The molecular weight excluding hydrogens is 303 g/mol. The third-order valence-electron chi connectivity index (χ3n) is 4.39. The van der Waals surface area contributed by atoms with Gasteiger partial charge in [0.25, 0.3) is 0 Å². The van der Waals surface area contributed by atoms with Crippen LogP contribution in [0.2, 0.25) is 0 Å². The van der Waals surface area contributed by atoms with E-state index in [0.717, 1.165) is 30.0 Å². The summed E-state index contributed by atoms with van der Waals surface area (Å²) in [4.78, 5) is 26.7. The summed E-state index contributed by atoms with van der Waals surface area (Å²) < 4.78 is 0. The Hall–Kier alpha value is -0.594. The molecule has 0 aliphatic heterocycles. The van der Waals surface area contributed by atoms with Crippen LogP contribution in [0.25, 0.3) is 16.6 Å². The fraction of sp³-hybridized carbons (Fsp3) is 0.294. The largest absolute Gasteiger partial charge is 1.00 e. The van der Waals surface area contributed by atoms with Crippen molar-refractivity contribution in [1.82, 2.24) is 4.98 Å². The minimum Gasteiger partial charge on any atom is -0.670 e. The van der Waals surface area contributed by atoms with Crippen LogP contribution in [0.4, 0.5) is 0 Å². The summed E-state index contributed by atoms with van der Waals surface area (Å²) in [5.41, 5.74) is 10.4. The van der Waals surface area contributed by atoms with E-state index in [9.17, 15) is 9.59 Å². The van der Waals surface area contributed by atoms with Gasteiger partial charge in [-0.1, -0.05) is 12.8 Å². The fourth-order valence-corrected chi connectivity index (χ4v) is 2.91. The average Bonchev–Trinajstić information content (AvgIpc) is 2.65. The quantitative estimate of drug-likeness (QED) is 0.347. The number of carbonyl (C=O) groups is 2. The van der Waals surface area contributed by atoms with Crippen molar-refractivity contribution in [2.45, 2.75) is 25.7 Å². The first kappa shape index (κ1) is 17.8. The molecule has 0 fully saturated rings. The monoisotopic (exact) mass is 319 g/mol. The van der Waals surface area contributed by atoms with Crippen molar-refractivity contribution in [3.8, 4) is 0 Å². The van der Waals surface area contributed by atoms with Gasteiger partial charge in [0, 0.05) is 23.1 Å². The van der Waals surface area contributed by atoms with Crippen molar-refractivity contribution in [1.29, 1.82) is 0 Å². The van der Waals surface area contributed by atoms with E-state index in [4.69, 9.17) is 5.73 Å². The number of rotatable bonds is 2. The van der Waals surface area contributed by atoms with Crippen LogP contribution in [0.15, 0.2) is 24.4 Å². The van der Waals surface area contributed by atoms with Crippen molar-refractivity contribution < 1.29 is 61.0 Å². The van der Waals surface area contributed by atoms with Gasteiger partial charge in [0.2, 0.25) is 0 Å². The van der Waals surface area contributed by atoms with Gasteiger partial charge in [0.05, 0.1) is 5.52 Å². The van der Waals surface area contributed by atoms with Crippen LogP contribution in [-0.2, 0) is 17.6 Å². The summed E-state index contributed by atoms with van der Waals surface area (Å²) in [6, 6.07) is 5.90. The molecule has 108 valence electrons. The van der Waals surface area contributed by atoms with Crippen LogP contribution in [0, 0.1) is 12.3 Å². The van der Waals surface area contributed by atoms with Crippen molar-refractivity contribution in [3.05, 3.63) is 53.7 Å². The van der Waals surface area contributed by atoms with Gasteiger partial charge < -0.3 is 17.5 Å². The molecule has 0 saturated heterocycles. The number of nitrogens with one attached hydrogen (secondary N) is 1. The Labute approximate surface area is 172 Å². The molecule has 5 heteroatoms. The van der Waals surface area contributed by atoms with Crippen molar-refractivity contribution in [2.24, 2.45) is 5.41 Å². The third-order valence-corrected chi connectivity index (χ3v) is 4.39. The van der Waals surface area contributed by atoms with Gasteiger partial charge in [-0.3, -0.25) is 9.78 Å². The van der Waals surface area contributed by atoms with Crippen molar-refractivity contribution in [3.63, 3.8) is 0 Å². The first-order chi connectivity index (χ1) is 10.0. The number of aldehydes is 1. The summed E-state index contributed by atoms with van der Waals surface area (Å²) >= 11 is 0. The molecule has 0 radical (unpaired) electrons. The smallest absolute Gasteiger partial charge is 0.670 e. The van der Waals surface area contributed by atoms with Gasteiger partial charge >= 0.3 is 51.4 Å². The number of benzene rings is 1. The molecule has 4 nitrogen and oxygen atoms in total. The topological polar surface area (TPSA) is 70.8 Å². The van der Waals surface area contributed by atoms with E-state index in [2.05, 4.69) is 11.9 Å². The Morgan fingerprint density at radius 1 is 1.23 bits per heavy atom. The molecule has 1 heterocycles. The molecule has 1 aromatic carbocycles. The summed E-state index contributed by atoms with van der Waals surface area (Å²) in [5, 5.41) is 0.937. The van der Waals surface area contributed by atoms with E-state index in [1.54, 1.807) is 6.20 Å². The minimum atomic E-state index is -0.799. The molecule has 0 saturated carbocycles. The van der Waals surface area contributed by atoms with Crippen LogP contribution in [0.1, 0.15) is 34.3 Å². The molecule has 1 aromatic heterocycles. The van der Waals surface area contributed by atoms with Gasteiger partial charge in [-0.05, 0) is 42.2 Å². The first-order valence-corrected chi connectivity index (χ1v) is 7.00. The predicted molar refractivity (Wildman–Crippen MR) is 80.9 cm³/mol. The maximum Gasteiger partial charge on any atom is 1.00 e. The Morgan fingerprint density at radius 2 is 1.86 bits per heavy atom. The van der Waals surface area contributed by atoms with Crippen LogP contribution in [0.3, 0.4) is 0 Å². The average molecular weight is 319 g/mol. The SMILES string of the molecule is [CH2-]C1(C([NH-])=O)CCc2cc3cc(C=O)cnc3cc2CC1.[K+]. The van der Waals surface area contributed by atoms with Gasteiger partial charge in [-0.25, -0.2) is 0 Å². The zero-order valence-electron chi connectivity index (χ0n) is 12.7. The van der Waals surface area contributed by atoms with E-state index < -0.39 is 11.3 Å². The van der Waals surface area contributed by atoms with Crippen LogP contribution in [0.5, 0.6) is 0 Å². The molecule has 1 unspecified atom stereocenters. The number of hydrogen-bond donors (Lipinski definition) is 0. The summed E-state index contributed by atoms with van der Waals surface area (Å²) in [6.45, 7) is 3.97. The summed E-state index contributed by atoms with van der Waals surface area (Å²) in [6.07, 6.45) is 5.01. The zero-order valence-corrected chi connectivity index (χ0v) is 15.8. The molecule has 1 atom stereocenters. The van der Waals surface area contributed by atoms with Gasteiger partial charge in [-0.2, -0.15) is 0 Å². The van der Waals surface area contributed by atoms with E-state index in [1.165, 1.54) is 11.1 Å².